The van der Waals surface area contributed by atoms with Crippen molar-refractivity contribution in [2.24, 2.45) is 0 Å². The number of benzene rings is 1. The van der Waals surface area contributed by atoms with Crippen LogP contribution in [0.3, 0.4) is 0 Å². The Morgan fingerprint density at radius 2 is 2.12 bits per heavy atom. The average molecular weight is 347 g/mol. The molecule has 9 heteroatoms. The molecule has 0 fully saturated rings. The van der Waals surface area contributed by atoms with Crippen LogP contribution in [0.2, 0.25) is 0 Å². The van der Waals surface area contributed by atoms with E-state index >= 15 is 0 Å². The van der Waals surface area contributed by atoms with Gasteiger partial charge in [0.25, 0.3) is 5.91 Å². The minimum Gasteiger partial charge on any atom is -0.340 e. The summed E-state index contributed by atoms with van der Waals surface area (Å²) in [5.74, 6) is -0.0260. The summed E-state index contributed by atoms with van der Waals surface area (Å²) >= 11 is 1.05. The molecule has 0 radical (unpaired) electrons. The smallest absolute Gasteiger partial charge is 0.265 e. The molecular weight excluding hydrogens is 333 g/mol. The van der Waals surface area contributed by atoms with E-state index in [9.17, 15) is 9.18 Å². The van der Waals surface area contributed by atoms with Gasteiger partial charge in [-0.25, -0.2) is 4.39 Å². The molecule has 0 unspecified atom stereocenters. The first kappa shape index (κ1) is 16.2. The van der Waals surface area contributed by atoms with Crippen LogP contribution in [-0.2, 0) is 6.42 Å². The van der Waals surface area contributed by atoms with Gasteiger partial charge in [0.05, 0.1) is 5.69 Å². The zero-order valence-corrected chi connectivity index (χ0v) is 13.8. The largest absolute Gasteiger partial charge is 0.340 e. The van der Waals surface area contributed by atoms with E-state index in [1.54, 1.807) is 19.1 Å². The molecule has 3 rings (SSSR count). The van der Waals surface area contributed by atoms with E-state index in [-0.39, 0.29) is 17.6 Å². The third-order valence-corrected chi connectivity index (χ3v) is 4.13. The number of amides is 1. The zero-order chi connectivity index (χ0) is 17.1. The fraction of sp³-hybridized carbons (Fsp3) is 0.267. The van der Waals surface area contributed by atoms with Crippen molar-refractivity contribution in [1.82, 2.24) is 25.0 Å². The van der Waals surface area contributed by atoms with E-state index < -0.39 is 6.04 Å². The maximum Gasteiger partial charge on any atom is 0.265 e. The number of rotatable bonds is 5. The van der Waals surface area contributed by atoms with Crippen LogP contribution in [0.25, 0.3) is 11.4 Å². The number of halogens is 1. The van der Waals surface area contributed by atoms with E-state index in [4.69, 9.17) is 4.52 Å². The molecule has 1 atom stereocenters. The lowest BCUT2D eigenvalue weighted by Crippen LogP contribution is -2.27. The molecule has 0 saturated heterocycles. The van der Waals surface area contributed by atoms with Crippen molar-refractivity contribution >= 4 is 17.4 Å². The van der Waals surface area contributed by atoms with Crippen LogP contribution in [0.5, 0.6) is 0 Å². The first-order valence-electron chi connectivity index (χ1n) is 7.30. The second-order valence-corrected chi connectivity index (χ2v) is 5.81. The molecule has 0 spiro atoms. The number of nitrogens with zero attached hydrogens (tertiary/aromatic N) is 4. The summed E-state index contributed by atoms with van der Waals surface area (Å²) in [7, 11) is 0. The minimum atomic E-state index is -0.481. The molecule has 0 aliphatic rings. The van der Waals surface area contributed by atoms with E-state index in [0.29, 0.717) is 28.4 Å². The van der Waals surface area contributed by atoms with Gasteiger partial charge in [-0.1, -0.05) is 16.6 Å². The van der Waals surface area contributed by atoms with Crippen LogP contribution in [0, 0.1) is 5.82 Å². The van der Waals surface area contributed by atoms with E-state index in [2.05, 4.69) is 25.0 Å². The van der Waals surface area contributed by atoms with Crippen LogP contribution in [-0.4, -0.2) is 25.6 Å². The van der Waals surface area contributed by atoms with E-state index in [1.165, 1.54) is 12.1 Å². The maximum atomic E-state index is 13.0. The Hall–Kier alpha value is -2.68. The molecule has 1 N–H and O–H groups in total. The molecule has 1 amide bonds. The number of carbonyl (C=O) groups is 1. The van der Waals surface area contributed by atoms with Gasteiger partial charge in [0.2, 0.25) is 11.7 Å². The summed E-state index contributed by atoms with van der Waals surface area (Å²) in [6, 6.07) is 5.28. The molecule has 0 saturated carbocycles. The summed E-state index contributed by atoms with van der Waals surface area (Å²) in [5.41, 5.74) is 1.28. The van der Waals surface area contributed by atoms with Gasteiger partial charge in [-0.15, -0.1) is 5.10 Å². The van der Waals surface area contributed by atoms with Gasteiger partial charge in [0.1, 0.15) is 16.7 Å². The lowest BCUT2D eigenvalue weighted by Gasteiger charge is -2.08. The van der Waals surface area contributed by atoms with Gasteiger partial charge in [-0.3, -0.25) is 4.79 Å². The number of hydrogen-bond donors (Lipinski definition) is 1. The standard InChI is InChI=1S/C15H14FN5O2S/c1-3-11-12(24-21-19-11)14(22)17-8(2)15-18-13(20-23-15)9-4-6-10(16)7-5-9/h4-8H,3H2,1-2H3,(H,17,22)/t8-/m1/s1. The molecule has 2 aromatic heterocycles. The predicted octanol–water partition coefficient (Wildman–Crippen LogP) is 2.78. The highest BCUT2D eigenvalue weighted by Gasteiger charge is 2.21. The number of aromatic nitrogens is 4. The van der Waals surface area contributed by atoms with Crippen molar-refractivity contribution < 1.29 is 13.7 Å². The Bertz CT molecular complexity index is 846. The Kier molecular flexibility index (Phi) is 4.61. The molecule has 3 aromatic rings. The third kappa shape index (κ3) is 3.30. The molecule has 24 heavy (non-hydrogen) atoms. The molecular formula is C15H14FN5O2S. The third-order valence-electron chi connectivity index (χ3n) is 3.36. The van der Waals surface area contributed by atoms with Crippen LogP contribution < -0.4 is 5.32 Å². The zero-order valence-electron chi connectivity index (χ0n) is 13.0. The minimum absolute atomic E-state index is 0.262. The van der Waals surface area contributed by atoms with Gasteiger partial charge in [0, 0.05) is 5.56 Å². The second-order valence-electron chi connectivity index (χ2n) is 5.06. The van der Waals surface area contributed by atoms with Crippen molar-refractivity contribution in [3.05, 3.63) is 46.5 Å². The van der Waals surface area contributed by atoms with Crippen molar-refractivity contribution in [2.75, 3.05) is 0 Å². The van der Waals surface area contributed by atoms with E-state index in [1.807, 2.05) is 6.92 Å². The Morgan fingerprint density at radius 3 is 2.83 bits per heavy atom. The number of carbonyl (C=O) groups excluding carboxylic acids is 1. The summed E-state index contributed by atoms with van der Waals surface area (Å²) in [4.78, 5) is 17.0. The number of nitrogens with one attached hydrogen (secondary N) is 1. The van der Waals surface area contributed by atoms with Crippen LogP contribution >= 0.6 is 11.5 Å². The van der Waals surface area contributed by atoms with Gasteiger partial charge >= 0.3 is 0 Å². The topological polar surface area (TPSA) is 93.8 Å². The van der Waals surface area contributed by atoms with Crippen molar-refractivity contribution in [1.29, 1.82) is 0 Å². The SMILES string of the molecule is CCc1nnsc1C(=O)N[C@H](C)c1nc(-c2ccc(F)cc2)no1. The summed E-state index contributed by atoms with van der Waals surface area (Å²) in [5, 5.41) is 10.6. The highest BCUT2D eigenvalue weighted by molar-refractivity contribution is 7.08. The lowest BCUT2D eigenvalue weighted by atomic mass is 10.2. The molecule has 0 aliphatic carbocycles. The van der Waals surface area contributed by atoms with Gasteiger partial charge in [0.15, 0.2) is 0 Å². The monoisotopic (exact) mass is 347 g/mol. The van der Waals surface area contributed by atoms with Gasteiger partial charge in [-0.05, 0) is 49.1 Å². The van der Waals surface area contributed by atoms with Crippen LogP contribution in [0.15, 0.2) is 28.8 Å². The second kappa shape index (κ2) is 6.83. The van der Waals surface area contributed by atoms with Gasteiger partial charge in [-0.2, -0.15) is 4.98 Å². The van der Waals surface area contributed by atoms with Crippen LogP contribution in [0.1, 0.15) is 41.1 Å². The van der Waals surface area contributed by atoms with E-state index in [0.717, 1.165) is 11.5 Å². The molecule has 2 heterocycles. The highest BCUT2D eigenvalue weighted by Crippen LogP contribution is 2.20. The van der Waals surface area contributed by atoms with Crippen LogP contribution in [0.4, 0.5) is 4.39 Å². The quantitative estimate of drug-likeness (QED) is 0.763. The number of aryl methyl sites for hydroxylation is 1. The summed E-state index contributed by atoms with van der Waals surface area (Å²) in [6.45, 7) is 3.64. The van der Waals surface area contributed by atoms with Gasteiger partial charge < -0.3 is 9.84 Å². The molecule has 0 bridgehead atoms. The maximum absolute atomic E-state index is 13.0. The Labute approximate surface area is 141 Å². The summed E-state index contributed by atoms with van der Waals surface area (Å²) in [6.07, 6.45) is 0.628. The first-order valence-corrected chi connectivity index (χ1v) is 8.07. The van der Waals surface area contributed by atoms with Crippen molar-refractivity contribution in [2.45, 2.75) is 26.3 Å². The Balaban J connectivity index is 1.73. The molecule has 0 aliphatic heterocycles. The molecule has 7 nitrogen and oxygen atoms in total. The molecule has 1 aromatic carbocycles. The van der Waals surface area contributed by atoms with Crippen molar-refractivity contribution in [3.8, 4) is 11.4 Å². The van der Waals surface area contributed by atoms with Crippen molar-refractivity contribution in [3.63, 3.8) is 0 Å². The average Bonchev–Trinajstić information content (AvgIpc) is 3.24. The highest BCUT2D eigenvalue weighted by atomic mass is 32.1. The normalized spacial score (nSPS) is 12.1. The fourth-order valence-electron chi connectivity index (χ4n) is 2.06. The fourth-order valence-corrected chi connectivity index (χ4v) is 2.72. The molecule has 124 valence electrons. The number of hydrogen-bond acceptors (Lipinski definition) is 7. The predicted molar refractivity (Wildman–Crippen MR) is 84.9 cm³/mol. The Morgan fingerprint density at radius 1 is 1.38 bits per heavy atom. The summed E-state index contributed by atoms with van der Waals surface area (Å²) < 4.78 is 21.9. The first-order chi connectivity index (χ1) is 11.6. The lowest BCUT2D eigenvalue weighted by molar-refractivity contribution is 0.0935.